The first kappa shape index (κ1) is 25.1. The molecule has 0 spiro atoms. The third kappa shape index (κ3) is 4.39. The van der Waals surface area contributed by atoms with Crippen molar-refractivity contribution < 1.29 is 33.4 Å². The number of rotatable bonds is 6. The van der Waals surface area contributed by atoms with Crippen LogP contribution in [0.5, 0.6) is 5.75 Å². The number of aromatic nitrogens is 1. The highest BCUT2D eigenvalue weighted by Gasteiger charge is 2.48. The molecule has 3 aromatic carbocycles. The summed E-state index contributed by atoms with van der Waals surface area (Å²) in [5.74, 6) is -2.58. The number of ketones is 1. The summed E-state index contributed by atoms with van der Waals surface area (Å²) in [4.78, 5) is 44.3. The Hall–Kier alpha value is -4.57. The molecule has 1 fully saturated rings. The summed E-state index contributed by atoms with van der Waals surface area (Å²) in [7, 11) is 1.26. The minimum atomic E-state index is -1.06. The van der Waals surface area contributed by atoms with Crippen LogP contribution in [0.1, 0.15) is 34.5 Å². The predicted molar refractivity (Wildman–Crippen MR) is 140 cm³/mol. The number of Topliss-reactive ketones (excluding diaryl/α,β-unsaturated/α-hetero) is 1. The van der Waals surface area contributed by atoms with E-state index in [2.05, 4.69) is 4.98 Å². The van der Waals surface area contributed by atoms with Gasteiger partial charge in [0, 0.05) is 5.56 Å². The molecule has 1 aliphatic heterocycles. The third-order valence-electron chi connectivity index (χ3n) is 6.08. The smallest absolute Gasteiger partial charge is 0.337 e. The highest BCUT2D eigenvalue weighted by molar-refractivity contribution is 7.22. The molecule has 1 amide bonds. The number of aliphatic hydroxyl groups is 1. The van der Waals surface area contributed by atoms with E-state index in [4.69, 9.17) is 9.47 Å². The number of thiazole rings is 1. The molecule has 1 N–H and O–H groups in total. The van der Waals surface area contributed by atoms with Crippen LogP contribution in [-0.4, -0.2) is 41.5 Å². The van der Waals surface area contributed by atoms with E-state index in [-0.39, 0.29) is 22.0 Å². The maximum Gasteiger partial charge on any atom is 0.337 e. The molecule has 0 radical (unpaired) electrons. The molecule has 8 nitrogen and oxygen atoms in total. The van der Waals surface area contributed by atoms with Gasteiger partial charge in [-0.3, -0.25) is 14.5 Å². The normalized spacial score (nSPS) is 16.7. The molecule has 1 aliphatic rings. The summed E-state index contributed by atoms with van der Waals surface area (Å²) in [6.07, 6.45) is 0. The lowest BCUT2D eigenvalue weighted by atomic mass is 9.94. The van der Waals surface area contributed by atoms with Crippen LogP contribution in [-0.2, 0) is 14.3 Å². The van der Waals surface area contributed by atoms with E-state index < -0.39 is 29.5 Å². The Balaban J connectivity index is 1.67. The summed E-state index contributed by atoms with van der Waals surface area (Å²) in [5.41, 5.74) is 1.36. The molecule has 0 aliphatic carbocycles. The zero-order valence-corrected chi connectivity index (χ0v) is 21.1. The maximum absolute atomic E-state index is 13.8. The minimum Gasteiger partial charge on any atom is -0.507 e. The fourth-order valence-electron chi connectivity index (χ4n) is 4.29. The van der Waals surface area contributed by atoms with Crippen molar-refractivity contribution in [3.05, 3.63) is 94.8 Å². The Labute approximate surface area is 220 Å². The van der Waals surface area contributed by atoms with Gasteiger partial charge < -0.3 is 14.6 Å². The van der Waals surface area contributed by atoms with Crippen molar-refractivity contribution in [2.75, 3.05) is 18.6 Å². The monoisotopic (exact) mass is 532 g/mol. The molecule has 38 heavy (non-hydrogen) atoms. The van der Waals surface area contributed by atoms with E-state index in [0.29, 0.717) is 33.7 Å². The molecule has 2 heterocycles. The Kier molecular flexibility index (Phi) is 6.64. The van der Waals surface area contributed by atoms with Gasteiger partial charge in [-0.25, -0.2) is 14.2 Å². The number of hydrogen-bond acceptors (Lipinski definition) is 8. The van der Waals surface area contributed by atoms with E-state index in [9.17, 15) is 23.9 Å². The van der Waals surface area contributed by atoms with Crippen molar-refractivity contribution in [1.82, 2.24) is 4.98 Å². The SMILES string of the molecule is CCOc1ccc(/C(O)=C2\C(=O)C(=O)N(c3nc4ccc(F)cc4s3)C2c2ccc(C(=O)OC)cc2)cc1. The van der Waals surface area contributed by atoms with Crippen LogP contribution in [0.2, 0.25) is 0 Å². The number of aliphatic hydroxyl groups excluding tert-OH is 1. The maximum atomic E-state index is 13.8. The van der Waals surface area contributed by atoms with Gasteiger partial charge in [0.1, 0.15) is 17.3 Å². The molecule has 1 unspecified atom stereocenters. The van der Waals surface area contributed by atoms with Gasteiger partial charge >= 0.3 is 11.9 Å². The van der Waals surface area contributed by atoms with Crippen LogP contribution in [0, 0.1) is 5.82 Å². The topological polar surface area (TPSA) is 106 Å². The number of halogens is 1. The quantitative estimate of drug-likeness (QED) is 0.157. The van der Waals surface area contributed by atoms with E-state index in [1.54, 1.807) is 36.4 Å². The molecule has 1 aromatic heterocycles. The molecule has 1 atom stereocenters. The summed E-state index contributed by atoms with van der Waals surface area (Å²) < 4.78 is 24.5. The number of fused-ring (bicyclic) bond motifs is 1. The van der Waals surface area contributed by atoms with Crippen LogP contribution < -0.4 is 9.64 Å². The van der Waals surface area contributed by atoms with E-state index >= 15 is 0 Å². The van der Waals surface area contributed by atoms with Gasteiger partial charge in [0.05, 0.1) is 41.1 Å². The van der Waals surface area contributed by atoms with Crippen molar-refractivity contribution in [3.63, 3.8) is 0 Å². The van der Waals surface area contributed by atoms with Crippen LogP contribution in [0.3, 0.4) is 0 Å². The van der Waals surface area contributed by atoms with Crippen molar-refractivity contribution in [2.24, 2.45) is 0 Å². The van der Waals surface area contributed by atoms with Crippen LogP contribution in [0.15, 0.2) is 72.3 Å². The Morgan fingerprint density at radius 3 is 2.39 bits per heavy atom. The van der Waals surface area contributed by atoms with E-state index in [1.807, 2.05) is 6.92 Å². The second kappa shape index (κ2) is 10.1. The largest absolute Gasteiger partial charge is 0.507 e. The van der Waals surface area contributed by atoms with Gasteiger partial charge in [-0.2, -0.15) is 0 Å². The number of hydrogen-bond donors (Lipinski definition) is 1. The van der Waals surface area contributed by atoms with Gasteiger partial charge in [-0.15, -0.1) is 0 Å². The number of carbonyl (C=O) groups is 3. The lowest BCUT2D eigenvalue weighted by Crippen LogP contribution is -2.29. The number of carbonyl (C=O) groups excluding carboxylic acids is 3. The number of esters is 1. The number of anilines is 1. The van der Waals surface area contributed by atoms with Crippen LogP contribution in [0.25, 0.3) is 16.0 Å². The molecular formula is C28H21FN2O6S. The number of ether oxygens (including phenoxy) is 2. The minimum absolute atomic E-state index is 0.143. The fraction of sp³-hybridized carbons (Fsp3) is 0.143. The van der Waals surface area contributed by atoms with E-state index in [1.165, 1.54) is 42.3 Å². The number of nitrogens with zero attached hydrogens (tertiary/aromatic N) is 2. The Morgan fingerprint density at radius 1 is 1.05 bits per heavy atom. The number of amides is 1. The lowest BCUT2D eigenvalue weighted by molar-refractivity contribution is -0.132. The summed E-state index contributed by atoms with van der Waals surface area (Å²) in [6.45, 7) is 2.31. The number of methoxy groups -OCH3 is 1. The Morgan fingerprint density at radius 2 is 1.74 bits per heavy atom. The first-order chi connectivity index (χ1) is 18.3. The zero-order chi connectivity index (χ0) is 27.0. The Bertz CT molecular complexity index is 1590. The van der Waals surface area contributed by atoms with Crippen molar-refractivity contribution in [3.8, 4) is 5.75 Å². The molecule has 10 heteroatoms. The average molecular weight is 533 g/mol. The van der Waals surface area contributed by atoms with Gasteiger partial charge in [0.15, 0.2) is 5.13 Å². The van der Waals surface area contributed by atoms with Crippen molar-refractivity contribution >= 4 is 50.1 Å². The molecule has 1 saturated heterocycles. The molecule has 0 bridgehead atoms. The molecular weight excluding hydrogens is 511 g/mol. The summed E-state index contributed by atoms with van der Waals surface area (Å²) >= 11 is 1.05. The standard InChI is InChI=1S/C28H21FN2O6S/c1-3-37-19-11-8-16(9-12-19)24(32)22-23(15-4-6-17(7-5-15)27(35)36-2)31(26(34)25(22)33)28-30-20-13-10-18(29)14-21(20)38-28/h4-14,23,32H,3H2,1-2H3/b24-22+. The first-order valence-corrected chi connectivity index (χ1v) is 12.4. The number of benzene rings is 3. The molecule has 4 aromatic rings. The van der Waals surface area contributed by atoms with Crippen molar-refractivity contribution in [1.29, 1.82) is 0 Å². The van der Waals surface area contributed by atoms with E-state index in [0.717, 1.165) is 11.3 Å². The fourth-order valence-corrected chi connectivity index (χ4v) is 5.30. The van der Waals surface area contributed by atoms with Crippen LogP contribution >= 0.6 is 11.3 Å². The first-order valence-electron chi connectivity index (χ1n) is 11.6. The second-order valence-corrected chi connectivity index (χ2v) is 9.36. The highest BCUT2D eigenvalue weighted by Crippen LogP contribution is 2.44. The average Bonchev–Trinajstić information content (AvgIpc) is 3.46. The summed E-state index contributed by atoms with van der Waals surface area (Å²) in [5, 5.41) is 11.4. The second-order valence-electron chi connectivity index (χ2n) is 8.35. The predicted octanol–water partition coefficient (Wildman–Crippen LogP) is 5.25. The van der Waals surface area contributed by atoms with Crippen molar-refractivity contribution in [2.45, 2.75) is 13.0 Å². The molecule has 5 rings (SSSR count). The lowest BCUT2D eigenvalue weighted by Gasteiger charge is -2.23. The highest BCUT2D eigenvalue weighted by atomic mass is 32.1. The van der Waals surface area contributed by atoms with Crippen LogP contribution in [0.4, 0.5) is 9.52 Å². The third-order valence-corrected chi connectivity index (χ3v) is 7.09. The molecule has 192 valence electrons. The molecule has 0 saturated carbocycles. The zero-order valence-electron chi connectivity index (χ0n) is 20.3. The van der Waals surface area contributed by atoms with Gasteiger partial charge in [0.25, 0.3) is 5.78 Å². The van der Waals surface area contributed by atoms with Gasteiger partial charge in [0.2, 0.25) is 0 Å². The van der Waals surface area contributed by atoms with Gasteiger partial charge in [-0.1, -0.05) is 23.5 Å². The summed E-state index contributed by atoms with van der Waals surface area (Å²) in [6, 6.07) is 15.6. The van der Waals surface area contributed by atoms with Gasteiger partial charge in [-0.05, 0) is 67.1 Å².